The molecule has 12 atom stereocenters. The van der Waals surface area contributed by atoms with Gasteiger partial charge in [0.25, 0.3) is 0 Å². The van der Waals surface area contributed by atoms with E-state index in [1.54, 1.807) is 13.2 Å². The monoisotopic (exact) mass is 643 g/mol. The topological polar surface area (TPSA) is 158 Å². The average Bonchev–Trinajstić information content (AvgIpc) is 3.75. The minimum Gasteiger partial charge on any atom is -0.482 e. The van der Waals surface area contributed by atoms with Crippen molar-refractivity contribution in [1.29, 1.82) is 0 Å². The molecule has 8 aliphatic rings. The molecule has 11 heteroatoms. The van der Waals surface area contributed by atoms with Gasteiger partial charge >= 0.3 is 5.97 Å². The maximum absolute atomic E-state index is 12.4. The van der Waals surface area contributed by atoms with Crippen LogP contribution in [0.15, 0.2) is 12.1 Å². The van der Waals surface area contributed by atoms with Crippen LogP contribution < -0.4 is 9.47 Å². The van der Waals surface area contributed by atoms with Gasteiger partial charge in [-0.1, -0.05) is 26.8 Å². The summed E-state index contributed by atoms with van der Waals surface area (Å²) < 4.78 is 25.5. The number of fused-ring (bicyclic) bond motifs is 2. The Morgan fingerprint density at radius 2 is 1.80 bits per heavy atom. The fraction of sp³-hybridized carbons (Fsp3) is 0.800. The lowest BCUT2D eigenvalue weighted by molar-refractivity contribution is -0.312. The van der Waals surface area contributed by atoms with Gasteiger partial charge in [0.1, 0.15) is 30.0 Å². The highest BCUT2D eigenvalue weighted by atomic mass is 16.7. The SMILES string of the molecule is CO[C@]12CC[C@@]3(C[C@@H]1[C@@](C)(O)C(C)(C)C)[C@H]1Cc4ccc(O[C@@H]5O[C@H](C(=O)O)[C@@H](O)[C@H](O)[C@H]5O)c5c4[C@@]3(CCN1CC1CC1)[C@H]2O5. The zero-order valence-corrected chi connectivity index (χ0v) is 27.4. The molecule has 1 aromatic rings. The van der Waals surface area contributed by atoms with Gasteiger partial charge in [0.15, 0.2) is 17.6 Å². The van der Waals surface area contributed by atoms with Crippen molar-refractivity contribution < 1.29 is 49.3 Å². The molecule has 11 nitrogen and oxygen atoms in total. The molecule has 1 aromatic carbocycles. The number of nitrogens with zero attached hydrogens (tertiary/aromatic N) is 1. The van der Waals surface area contributed by atoms with Gasteiger partial charge in [-0.15, -0.1) is 0 Å². The van der Waals surface area contributed by atoms with Crippen molar-refractivity contribution >= 4 is 5.97 Å². The van der Waals surface area contributed by atoms with E-state index in [1.165, 1.54) is 18.4 Å². The third-order valence-corrected chi connectivity index (χ3v) is 13.9. The number of hydrogen-bond donors (Lipinski definition) is 5. The van der Waals surface area contributed by atoms with Gasteiger partial charge in [-0.3, -0.25) is 4.90 Å². The van der Waals surface area contributed by atoms with Crippen LogP contribution >= 0.6 is 0 Å². The van der Waals surface area contributed by atoms with E-state index in [-0.39, 0.29) is 22.5 Å². The predicted molar refractivity (Wildman–Crippen MR) is 163 cm³/mol. The molecule has 3 heterocycles. The summed E-state index contributed by atoms with van der Waals surface area (Å²) in [6, 6.07) is 4.14. The molecule has 6 fully saturated rings. The highest BCUT2D eigenvalue weighted by Gasteiger charge is 2.82. The fourth-order valence-electron chi connectivity index (χ4n) is 10.9. The Morgan fingerprint density at radius 1 is 1.07 bits per heavy atom. The summed E-state index contributed by atoms with van der Waals surface area (Å²) in [5, 5.41) is 53.6. The summed E-state index contributed by atoms with van der Waals surface area (Å²) in [5.41, 5.74) is -0.512. The normalized spacial score (nSPS) is 45.5. The summed E-state index contributed by atoms with van der Waals surface area (Å²) in [5.74, 6) is -0.0821. The second-order valence-electron chi connectivity index (χ2n) is 16.6. The van der Waals surface area contributed by atoms with E-state index in [0.29, 0.717) is 11.8 Å². The van der Waals surface area contributed by atoms with Crippen molar-refractivity contribution in [1.82, 2.24) is 4.90 Å². The van der Waals surface area contributed by atoms with Crippen molar-refractivity contribution in [2.24, 2.45) is 22.7 Å². The zero-order valence-electron chi connectivity index (χ0n) is 27.4. The van der Waals surface area contributed by atoms with Gasteiger partial charge in [-0.25, -0.2) is 4.79 Å². The van der Waals surface area contributed by atoms with Crippen LogP contribution in [-0.2, 0) is 26.1 Å². The predicted octanol–water partition coefficient (Wildman–Crippen LogP) is 1.98. The number of aliphatic hydroxyl groups is 4. The quantitative estimate of drug-likeness (QED) is 0.296. The third-order valence-electron chi connectivity index (χ3n) is 13.9. The molecule has 254 valence electrons. The number of benzene rings is 1. The summed E-state index contributed by atoms with van der Waals surface area (Å²) in [7, 11) is 1.75. The molecule has 0 amide bonds. The molecule has 46 heavy (non-hydrogen) atoms. The van der Waals surface area contributed by atoms with Crippen LogP contribution in [0.2, 0.25) is 0 Å². The summed E-state index contributed by atoms with van der Waals surface area (Å²) in [6.07, 6.45) is -2.16. The van der Waals surface area contributed by atoms with E-state index in [9.17, 15) is 30.3 Å². The zero-order chi connectivity index (χ0) is 32.8. The number of aliphatic hydroxyl groups excluding tert-OH is 3. The number of methoxy groups -OCH3 is 1. The van der Waals surface area contributed by atoms with E-state index >= 15 is 0 Å². The summed E-state index contributed by atoms with van der Waals surface area (Å²) in [6.45, 7) is 10.3. The number of carbonyl (C=O) groups is 1. The van der Waals surface area contributed by atoms with Gasteiger partial charge in [0, 0.05) is 42.0 Å². The number of carboxylic acids is 1. The number of piperidine rings is 1. The van der Waals surface area contributed by atoms with Gasteiger partial charge in [-0.05, 0) is 81.4 Å². The molecule has 5 aliphatic carbocycles. The average molecular weight is 644 g/mol. The van der Waals surface area contributed by atoms with Gasteiger partial charge in [0.05, 0.1) is 5.60 Å². The largest absolute Gasteiger partial charge is 0.482 e. The molecule has 0 radical (unpaired) electrons. The minimum absolute atomic E-state index is 0.169. The summed E-state index contributed by atoms with van der Waals surface area (Å²) >= 11 is 0. The van der Waals surface area contributed by atoms with E-state index < -0.39 is 59.4 Å². The molecule has 2 spiro atoms. The Hall–Kier alpha value is -1.99. The molecule has 0 aromatic heterocycles. The maximum Gasteiger partial charge on any atom is 0.335 e. The Balaban J connectivity index is 1.27. The minimum atomic E-state index is -1.81. The Bertz CT molecular complexity index is 1440. The van der Waals surface area contributed by atoms with Crippen molar-refractivity contribution in [2.45, 2.75) is 132 Å². The van der Waals surface area contributed by atoms with Crippen LogP contribution in [0, 0.1) is 22.7 Å². The maximum atomic E-state index is 12.4. The van der Waals surface area contributed by atoms with Crippen molar-refractivity contribution in [3.05, 3.63) is 23.3 Å². The number of likely N-dealkylation sites (tertiary alicyclic amines) is 1. The van der Waals surface area contributed by atoms with E-state index in [4.69, 9.17) is 18.9 Å². The van der Waals surface area contributed by atoms with Crippen molar-refractivity contribution in [3.8, 4) is 11.5 Å². The first-order valence-electron chi connectivity index (χ1n) is 17.1. The first-order chi connectivity index (χ1) is 21.6. The van der Waals surface area contributed by atoms with Crippen LogP contribution in [0.1, 0.15) is 77.3 Å². The van der Waals surface area contributed by atoms with E-state index in [1.807, 2.05) is 6.92 Å². The Kier molecular flexibility index (Phi) is 6.67. The first kappa shape index (κ1) is 31.3. The van der Waals surface area contributed by atoms with Crippen LogP contribution in [0.3, 0.4) is 0 Å². The van der Waals surface area contributed by atoms with Crippen molar-refractivity contribution in [3.63, 3.8) is 0 Å². The molecular formula is C35H49NO10. The number of rotatable bonds is 7. The van der Waals surface area contributed by atoms with Gasteiger partial charge < -0.3 is 44.5 Å². The molecule has 0 unspecified atom stereocenters. The van der Waals surface area contributed by atoms with Gasteiger partial charge in [-0.2, -0.15) is 0 Å². The van der Waals surface area contributed by atoms with E-state index in [0.717, 1.165) is 56.7 Å². The molecule has 3 aliphatic heterocycles. The number of aliphatic carboxylic acids is 1. The highest BCUT2D eigenvalue weighted by molar-refractivity contribution is 5.73. The lowest BCUT2D eigenvalue weighted by Gasteiger charge is -2.75. The highest BCUT2D eigenvalue weighted by Crippen LogP contribution is 2.78. The Morgan fingerprint density at radius 3 is 2.46 bits per heavy atom. The molecular weight excluding hydrogens is 594 g/mol. The van der Waals surface area contributed by atoms with Crippen LogP contribution in [-0.4, -0.2) is 111 Å². The fourth-order valence-corrected chi connectivity index (χ4v) is 10.9. The molecule has 4 saturated carbocycles. The lowest BCUT2D eigenvalue weighted by atomic mass is 9.33. The smallest absolute Gasteiger partial charge is 0.335 e. The second kappa shape index (κ2) is 9.80. The van der Waals surface area contributed by atoms with Crippen LogP contribution in [0.25, 0.3) is 0 Å². The summed E-state index contributed by atoms with van der Waals surface area (Å²) in [4.78, 5) is 14.5. The molecule has 5 N–H and O–H groups in total. The number of hydrogen-bond acceptors (Lipinski definition) is 10. The van der Waals surface area contributed by atoms with E-state index in [2.05, 4.69) is 31.7 Å². The molecule has 4 bridgehead atoms. The molecule has 9 rings (SSSR count). The third kappa shape index (κ3) is 3.76. The Labute approximate surface area is 269 Å². The second-order valence-corrected chi connectivity index (χ2v) is 16.6. The van der Waals surface area contributed by atoms with Crippen LogP contribution in [0.5, 0.6) is 11.5 Å². The first-order valence-corrected chi connectivity index (χ1v) is 17.1. The van der Waals surface area contributed by atoms with Crippen LogP contribution in [0.4, 0.5) is 0 Å². The number of carboxylic acid groups (broad SMARTS) is 1. The molecule has 2 saturated heterocycles. The standard InChI is InChI=1S/C35H49NO10/c1-31(2,3)32(4,42)20-15-33-10-11-35(20,43-5)30-34(33)12-13-36(16-17-6-7-17)21(33)14-18-8-9-19(26(46-30)22(18)34)44-29-25(39)23(37)24(38)27(45-29)28(40)41/h8-9,17,20-21,23-25,27,29-30,37-39,42H,6-7,10-16H2,1-5H3,(H,40,41)/t20-,21-,23+,24+,25-,27+,29-,30-,32-,33-,34+,35-/m1/s1. The van der Waals surface area contributed by atoms with Gasteiger partial charge in [0.2, 0.25) is 6.29 Å². The van der Waals surface area contributed by atoms with Crippen molar-refractivity contribution in [2.75, 3.05) is 20.2 Å². The number of ether oxygens (including phenoxy) is 4. The lowest BCUT2D eigenvalue weighted by Crippen LogP contribution is -2.83.